The third-order valence-corrected chi connectivity index (χ3v) is 7.04. The number of nitrogens with two attached hydrogens (primary N) is 1. The van der Waals surface area contributed by atoms with E-state index in [9.17, 15) is 4.79 Å². The molecule has 11 heteroatoms. The van der Waals surface area contributed by atoms with Crippen molar-refractivity contribution in [3.8, 4) is 22.7 Å². The lowest BCUT2D eigenvalue weighted by Gasteiger charge is -2.30. The van der Waals surface area contributed by atoms with Crippen molar-refractivity contribution in [2.24, 2.45) is 5.92 Å². The smallest absolute Gasteiger partial charge is 0.261 e. The maximum atomic E-state index is 12.4. The van der Waals surface area contributed by atoms with Crippen LogP contribution in [0.15, 0.2) is 47.6 Å². The quantitative estimate of drug-likeness (QED) is 0.397. The van der Waals surface area contributed by atoms with E-state index >= 15 is 0 Å². The Labute approximate surface area is 208 Å². The lowest BCUT2D eigenvalue weighted by molar-refractivity contribution is -0.131. The van der Waals surface area contributed by atoms with E-state index in [0.29, 0.717) is 23.3 Å². The second-order valence-corrected chi connectivity index (χ2v) is 9.70. The summed E-state index contributed by atoms with van der Waals surface area (Å²) in [5.74, 6) is 1.31. The third-order valence-electron chi connectivity index (χ3n) is 7.04. The number of rotatable bonds is 8. The van der Waals surface area contributed by atoms with Gasteiger partial charge in [-0.3, -0.25) is 14.5 Å². The minimum Gasteiger partial charge on any atom is -0.368 e. The number of aromatic nitrogens is 7. The number of hydrogen-bond donors (Lipinski definition) is 1. The number of nitrogens with zero attached hydrogens (tertiary/aromatic N) is 8. The molecule has 5 rings (SSSR count). The van der Waals surface area contributed by atoms with Gasteiger partial charge in [0.2, 0.25) is 11.9 Å². The van der Waals surface area contributed by atoms with Gasteiger partial charge in [0, 0.05) is 43.4 Å². The Kier molecular flexibility index (Phi) is 5.99. The number of carbonyl (C=O) groups is 1. The molecule has 0 saturated heterocycles. The molecule has 4 heterocycles. The van der Waals surface area contributed by atoms with E-state index in [4.69, 9.17) is 15.2 Å². The molecule has 2 N–H and O–H groups in total. The summed E-state index contributed by atoms with van der Waals surface area (Å²) in [5.41, 5.74) is 8.18. The summed E-state index contributed by atoms with van der Waals surface area (Å²) in [6, 6.07) is 4.29. The average molecular weight is 488 g/mol. The summed E-state index contributed by atoms with van der Waals surface area (Å²) < 4.78 is 7.23. The van der Waals surface area contributed by atoms with Crippen molar-refractivity contribution in [3.05, 3.63) is 54.5 Å². The first-order chi connectivity index (χ1) is 17.3. The van der Waals surface area contributed by atoms with Crippen LogP contribution < -0.4 is 5.73 Å². The lowest BCUT2D eigenvalue weighted by Crippen LogP contribution is -2.32. The SMILES string of the molecule is CC(C)[C@](C)(c1ccc(-c2cnc(N)nc2)nc1)c1noc(-c2cnn(CC(=O)N(C)C3CC3)c2)n1. The maximum absolute atomic E-state index is 12.4. The normalized spacial score (nSPS) is 15.1. The maximum Gasteiger partial charge on any atom is 0.261 e. The summed E-state index contributed by atoms with van der Waals surface area (Å²) in [4.78, 5) is 31.6. The van der Waals surface area contributed by atoms with Crippen molar-refractivity contribution in [2.45, 2.75) is 51.6 Å². The molecule has 0 aromatic carbocycles. The number of likely N-dealkylation sites (N-methyl/N-ethyl adjacent to an activating group) is 1. The molecule has 1 fully saturated rings. The molecular weight excluding hydrogens is 458 g/mol. The number of pyridine rings is 1. The summed E-state index contributed by atoms with van der Waals surface area (Å²) >= 11 is 0. The zero-order valence-corrected chi connectivity index (χ0v) is 20.8. The molecule has 36 heavy (non-hydrogen) atoms. The van der Waals surface area contributed by atoms with Crippen molar-refractivity contribution < 1.29 is 9.32 Å². The number of amides is 1. The molecule has 0 bridgehead atoms. The van der Waals surface area contributed by atoms with Crippen molar-refractivity contribution in [1.82, 2.24) is 39.8 Å². The Bertz CT molecular complexity index is 1360. The van der Waals surface area contributed by atoms with Gasteiger partial charge in [-0.1, -0.05) is 25.1 Å². The zero-order chi connectivity index (χ0) is 25.4. The van der Waals surface area contributed by atoms with Crippen LogP contribution in [-0.4, -0.2) is 58.8 Å². The molecule has 1 aliphatic carbocycles. The fourth-order valence-electron chi connectivity index (χ4n) is 4.09. The van der Waals surface area contributed by atoms with Crippen molar-refractivity contribution in [1.29, 1.82) is 0 Å². The molecule has 1 saturated carbocycles. The van der Waals surface area contributed by atoms with Crippen LogP contribution in [0.1, 0.15) is 45.0 Å². The highest BCUT2D eigenvalue weighted by Crippen LogP contribution is 2.38. The first-order valence-corrected chi connectivity index (χ1v) is 11.9. The molecule has 0 unspecified atom stereocenters. The molecular formula is C25H29N9O2. The van der Waals surface area contributed by atoms with Crippen LogP contribution in [0.3, 0.4) is 0 Å². The Hall–Kier alpha value is -4.15. The van der Waals surface area contributed by atoms with Gasteiger partial charge < -0.3 is 15.2 Å². The molecule has 1 amide bonds. The largest absolute Gasteiger partial charge is 0.368 e. The van der Waals surface area contributed by atoms with E-state index in [2.05, 4.69) is 46.0 Å². The fourth-order valence-corrected chi connectivity index (χ4v) is 4.09. The van der Waals surface area contributed by atoms with Crippen molar-refractivity contribution >= 4 is 11.9 Å². The highest BCUT2D eigenvalue weighted by Gasteiger charge is 2.38. The van der Waals surface area contributed by atoms with Gasteiger partial charge in [-0.2, -0.15) is 10.1 Å². The van der Waals surface area contributed by atoms with Gasteiger partial charge >= 0.3 is 0 Å². The summed E-state index contributed by atoms with van der Waals surface area (Å²) in [7, 11) is 1.84. The van der Waals surface area contributed by atoms with E-state index in [1.54, 1.807) is 34.4 Å². The van der Waals surface area contributed by atoms with Gasteiger partial charge in [0.15, 0.2) is 5.82 Å². The summed E-state index contributed by atoms with van der Waals surface area (Å²) in [6.07, 6.45) is 10.7. The number of nitrogen functional groups attached to an aromatic ring is 1. The molecule has 4 aromatic rings. The number of anilines is 1. The van der Waals surface area contributed by atoms with E-state index in [1.165, 1.54) is 0 Å². The van der Waals surface area contributed by atoms with Gasteiger partial charge in [-0.05, 0) is 37.3 Å². The Balaban J connectivity index is 1.37. The monoisotopic (exact) mass is 487 g/mol. The van der Waals surface area contributed by atoms with Gasteiger partial charge in [-0.15, -0.1) is 0 Å². The van der Waals surface area contributed by atoms with Crippen LogP contribution in [0.4, 0.5) is 5.95 Å². The predicted octanol–water partition coefficient (Wildman–Crippen LogP) is 2.95. The summed E-state index contributed by atoms with van der Waals surface area (Å²) in [6.45, 7) is 6.47. The predicted molar refractivity (Wildman–Crippen MR) is 132 cm³/mol. The fraction of sp³-hybridized carbons (Fsp3) is 0.400. The van der Waals surface area contributed by atoms with Crippen LogP contribution in [0.25, 0.3) is 22.7 Å². The van der Waals surface area contributed by atoms with Crippen LogP contribution in [-0.2, 0) is 16.8 Å². The van der Waals surface area contributed by atoms with E-state index in [1.807, 2.05) is 25.4 Å². The van der Waals surface area contributed by atoms with Crippen molar-refractivity contribution in [3.63, 3.8) is 0 Å². The van der Waals surface area contributed by atoms with Crippen LogP contribution in [0.2, 0.25) is 0 Å². The molecule has 4 aromatic heterocycles. The minimum atomic E-state index is -0.552. The molecule has 0 aliphatic heterocycles. The summed E-state index contributed by atoms with van der Waals surface area (Å²) in [5, 5.41) is 8.64. The average Bonchev–Trinajstić information content (AvgIpc) is 3.42. The highest BCUT2D eigenvalue weighted by atomic mass is 16.5. The van der Waals surface area contributed by atoms with Gasteiger partial charge in [-0.25, -0.2) is 9.97 Å². The Morgan fingerprint density at radius 1 is 1.17 bits per heavy atom. The number of carbonyl (C=O) groups excluding carboxylic acids is 1. The van der Waals surface area contributed by atoms with E-state index in [-0.39, 0.29) is 24.3 Å². The topological polar surface area (TPSA) is 142 Å². The number of hydrogen-bond acceptors (Lipinski definition) is 9. The highest BCUT2D eigenvalue weighted by molar-refractivity contribution is 5.76. The van der Waals surface area contributed by atoms with E-state index < -0.39 is 5.41 Å². The second-order valence-electron chi connectivity index (χ2n) is 9.70. The van der Waals surface area contributed by atoms with Crippen molar-refractivity contribution in [2.75, 3.05) is 12.8 Å². The van der Waals surface area contributed by atoms with Gasteiger partial charge in [0.05, 0.1) is 22.9 Å². The minimum absolute atomic E-state index is 0.0345. The van der Waals surface area contributed by atoms with E-state index in [0.717, 1.165) is 29.7 Å². The standard InChI is InChI=1S/C25H29N9O2/c1-15(2)25(3,18-5-8-20(27-12-18)16-9-28-24(26)29-10-16)23-31-22(36-32-23)17-11-30-34(13-17)14-21(35)33(4)19-6-7-19/h5,8-13,15,19H,6-7,14H2,1-4H3,(H2,26,28,29)/t25-/m1/s1. The second kappa shape index (κ2) is 9.14. The van der Waals surface area contributed by atoms with Crippen LogP contribution in [0.5, 0.6) is 0 Å². The molecule has 0 spiro atoms. The van der Waals surface area contributed by atoms with Gasteiger partial charge in [0.25, 0.3) is 5.89 Å². The Morgan fingerprint density at radius 3 is 2.56 bits per heavy atom. The third kappa shape index (κ3) is 4.43. The van der Waals surface area contributed by atoms with Gasteiger partial charge in [0.1, 0.15) is 6.54 Å². The first-order valence-electron chi connectivity index (χ1n) is 11.9. The molecule has 0 radical (unpaired) electrons. The first kappa shape index (κ1) is 23.6. The molecule has 186 valence electrons. The zero-order valence-electron chi connectivity index (χ0n) is 20.8. The Morgan fingerprint density at radius 2 is 1.92 bits per heavy atom. The lowest BCUT2D eigenvalue weighted by atomic mass is 9.73. The van der Waals surface area contributed by atoms with Crippen LogP contribution in [0, 0.1) is 5.92 Å². The molecule has 1 atom stereocenters. The molecule has 1 aliphatic rings. The molecule has 11 nitrogen and oxygen atoms in total. The van der Waals surface area contributed by atoms with Crippen LogP contribution >= 0.6 is 0 Å².